The van der Waals surface area contributed by atoms with E-state index in [0.29, 0.717) is 24.5 Å². The number of aliphatic imine (C=N–C) groups is 1. The van der Waals surface area contributed by atoms with Crippen molar-refractivity contribution in [2.24, 2.45) is 22.1 Å². The van der Waals surface area contributed by atoms with Gasteiger partial charge in [-0.3, -0.25) is 4.99 Å². The van der Waals surface area contributed by atoms with Crippen LogP contribution in [-0.4, -0.2) is 26.1 Å². The highest BCUT2D eigenvalue weighted by Crippen LogP contribution is 2.37. The fraction of sp³-hybridized carbons (Fsp3) is 0.917. The molecule has 0 aromatic carbocycles. The summed E-state index contributed by atoms with van der Waals surface area (Å²) in [6, 6.07) is 0. The summed E-state index contributed by atoms with van der Waals surface area (Å²) in [5.74, 6) is 1.34. The summed E-state index contributed by atoms with van der Waals surface area (Å²) >= 11 is 0. The minimum absolute atomic E-state index is 0.503. The van der Waals surface area contributed by atoms with Gasteiger partial charge in [-0.1, -0.05) is 13.8 Å². The second-order valence-electron chi connectivity index (χ2n) is 5.24. The Labute approximate surface area is 93.1 Å². The molecule has 1 aliphatic rings. The molecular formula is C12H24N2O. The molecular weight excluding hydrogens is 188 g/mol. The van der Waals surface area contributed by atoms with Crippen molar-refractivity contribution in [3.05, 3.63) is 0 Å². The molecule has 1 rings (SSSR count). The first-order valence-electron chi connectivity index (χ1n) is 5.84. The maximum Gasteiger partial charge on any atom is 0.0969 e. The number of hydrogen-bond acceptors (Lipinski definition) is 2. The van der Waals surface area contributed by atoms with Gasteiger partial charge in [0.05, 0.1) is 19.0 Å². The average Bonchev–Trinajstić information content (AvgIpc) is 2.18. The van der Waals surface area contributed by atoms with Crippen LogP contribution in [-0.2, 0) is 4.74 Å². The second kappa shape index (κ2) is 5.50. The molecule has 3 heteroatoms. The van der Waals surface area contributed by atoms with E-state index in [2.05, 4.69) is 18.8 Å². The third kappa shape index (κ3) is 4.20. The number of nitrogens with zero attached hydrogens (tertiary/aromatic N) is 1. The highest BCUT2D eigenvalue weighted by Gasteiger charge is 2.28. The van der Waals surface area contributed by atoms with E-state index in [9.17, 15) is 0 Å². The van der Waals surface area contributed by atoms with Crippen LogP contribution < -0.4 is 5.73 Å². The van der Waals surface area contributed by atoms with E-state index < -0.39 is 0 Å². The van der Waals surface area contributed by atoms with Crippen molar-refractivity contribution in [1.29, 1.82) is 0 Å². The van der Waals surface area contributed by atoms with E-state index in [1.54, 1.807) is 7.11 Å². The van der Waals surface area contributed by atoms with Crippen LogP contribution in [0.4, 0.5) is 0 Å². The average molecular weight is 212 g/mol. The van der Waals surface area contributed by atoms with E-state index >= 15 is 0 Å². The van der Waals surface area contributed by atoms with Crippen molar-refractivity contribution >= 4 is 5.84 Å². The second-order valence-corrected chi connectivity index (χ2v) is 5.24. The topological polar surface area (TPSA) is 47.6 Å². The fourth-order valence-corrected chi connectivity index (χ4v) is 2.09. The van der Waals surface area contributed by atoms with Gasteiger partial charge >= 0.3 is 0 Å². The molecule has 0 unspecified atom stereocenters. The Bertz CT molecular complexity index is 214. The number of hydrogen-bond donors (Lipinski definition) is 1. The summed E-state index contributed by atoms with van der Waals surface area (Å²) in [6.07, 6.45) is 4.90. The quantitative estimate of drug-likeness (QED) is 0.441. The molecule has 1 saturated carbocycles. The van der Waals surface area contributed by atoms with Crippen molar-refractivity contribution in [3.63, 3.8) is 0 Å². The number of methoxy groups -OCH3 is 1. The highest BCUT2D eigenvalue weighted by molar-refractivity contribution is 5.82. The van der Waals surface area contributed by atoms with Crippen molar-refractivity contribution in [1.82, 2.24) is 0 Å². The van der Waals surface area contributed by atoms with Gasteiger partial charge in [0.1, 0.15) is 0 Å². The number of amidine groups is 1. The molecule has 0 aromatic rings. The van der Waals surface area contributed by atoms with Gasteiger partial charge in [0, 0.05) is 13.0 Å². The maximum atomic E-state index is 5.97. The van der Waals surface area contributed by atoms with E-state index in [4.69, 9.17) is 10.5 Å². The number of ether oxygens (including phenoxy) is 1. The number of nitrogens with two attached hydrogens (primary N) is 1. The maximum absolute atomic E-state index is 5.97. The van der Waals surface area contributed by atoms with Crippen LogP contribution in [0.25, 0.3) is 0 Å². The van der Waals surface area contributed by atoms with Crippen LogP contribution in [0.15, 0.2) is 4.99 Å². The van der Waals surface area contributed by atoms with E-state index in [0.717, 1.165) is 5.84 Å². The normalized spacial score (nSPS) is 23.0. The molecule has 0 spiro atoms. The smallest absolute Gasteiger partial charge is 0.0969 e. The third-order valence-electron chi connectivity index (χ3n) is 3.35. The van der Waals surface area contributed by atoms with E-state index in [-0.39, 0.29) is 0 Å². The van der Waals surface area contributed by atoms with Crippen molar-refractivity contribution in [2.45, 2.75) is 39.5 Å². The standard InChI is InChI=1S/C12H24N2O/c1-12(2)6-4-10(5-7-12)11(13)14-8-9-15-3/h10H,4-9H2,1-3H3,(H2,13,14). The molecule has 3 nitrogen and oxygen atoms in total. The minimum atomic E-state index is 0.503. The minimum Gasteiger partial charge on any atom is -0.387 e. The molecule has 0 atom stereocenters. The summed E-state index contributed by atoms with van der Waals surface area (Å²) in [4.78, 5) is 4.35. The Morgan fingerprint density at radius 2 is 2.00 bits per heavy atom. The van der Waals surface area contributed by atoms with Crippen molar-refractivity contribution in [2.75, 3.05) is 20.3 Å². The molecule has 1 fully saturated rings. The zero-order valence-electron chi connectivity index (χ0n) is 10.3. The first kappa shape index (κ1) is 12.5. The summed E-state index contributed by atoms with van der Waals surface area (Å²) in [5.41, 5.74) is 6.48. The predicted octanol–water partition coefficient (Wildman–Crippen LogP) is 2.21. The van der Waals surface area contributed by atoms with Crippen LogP contribution >= 0.6 is 0 Å². The van der Waals surface area contributed by atoms with Gasteiger partial charge in [-0.25, -0.2) is 0 Å². The largest absolute Gasteiger partial charge is 0.387 e. The summed E-state index contributed by atoms with van der Waals surface area (Å²) in [6.45, 7) is 6.03. The van der Waals surface area contributed by atoms with Gasteiger partial charge in [-0.15, -0.1) is 0 Å². The van der Waals surface area contributed by atoms with E-state index in [1.165, 1.54) is 25.7 Å². The lowest BCUT2D eigenvalue weighted by Gasteiger charge is -2.33. The third-order valence-corrected chi connectivity index (χ3v) is 3.35. The molecule has 88 valence electrons. The molecule has 15 heavy (non-hydrogen) atoms. The van der Waals surface area contributed by atoms with Gasteiger partial charge in [0.15, 0.2) is 0 Å². The summed E-state index contributed by atoms with van der Waals surface area (Å²) in [7, 11) is 1.69. The first-order valence-corrected chi connectivity index (χ1v) is 5.84. The monoisotopic (exact) mass is 212 g/mol. The Morgan fingerprint density at radius 1 is 1.40 bits per heavy atom. The van der Waals surface area contributed by atoms with Gasteiger partial charge in [-0.05, 0) is 31.1 Å². The zero-order valence-corrected chi connectivity index (χ0v) is 10.3. The van der Waals surface area contributed by atoms with Crippen LogP contribution in [0.1, 0.15) is 39.5 Å². The van der Waals surface area contributed by atoms with Crippen LogP contribution in [0.2, 0.25) is 0 Å². The lowest BCUT2D eigenvalue weighted by Crippen LogP contribution is -2.31. The van der Waals surface area contributed by atoms with Gasteiger partial charge < -0.3 is 10.5 Å². The van der Waals surface area contributed by atoms with Crippen molar-refractivity contribution < 1.29 is 4.74 Å². The molecule has 0 saturated heterocycles. The highest BCUT2D eigenvalue weighted by atomic mass is 16.5. The van der Waals surface area contributed by atoms with Crippen LogP contribution in [0.3, 0.4) is 0 Å². The van der Waals surface area contributed by atoms with Crippen molar-refractivity contribution in [3.8, 4) is 0 Å². The molecule has 2 N–H and O–H groups in total. The lowest BCUT2D eigenvalue weighted by molar-refractivity contribution is 0.206. The zero-order chi connectivity index (χ0) is 11.3. The van der Waals surface area contributed by atoms with Gasteiger partial charge in [0.25, 0.3) is 0 Å². The Morgan fingerprint density at radius 3 is 2.53 bits per heavy atom. The Balaban J connectivity index is 2.35. The van der Waals surface area contributed by atoms with Gasteiger partial charge in [0.2, 0.25) is 0 Å². The molecule has 0 aromatic heterocycles. The van der Waals surface area contributed by atoms with Gasteiger partial charge in [-0.2, -0.15) is 0 Å². The van der Waals surface area contributed by atoms with E-state index in [1.807, 2.05) is 0 Å². The molecule has 0 heterocycles. The summed E-state index contributed by atoms with van der Waals surface area (Å²) < 4.78 is 4.95. The fourth-order valence-electron chi connectivity index (χ4n) is 2.09. The molecule has 0 radical (unpaired) electrons. The molecule has 0 bridgehead atoms. The molecule has 0 amide bonds. The number of rotatable bonds is 4. The van der Waals surface area contributed by atoms with Crippen LogP contribution in [0, 0.1) is 11.3 Å². The Kier molecular flexibility index (Phi) is 4.58. The summed E-state index contributed by atoms with van der Waals surface area (Å²) in [5, 5.41) is 0. The first-order chi connectivity index (χ1) is 7.05. The predicted molar refractivity (Wildman–Crippen MR) is 64.1 cm³/mol. The SMILES string of the molecule is COCCN=C(N)C1CCC(C)(C)CC1. The van der Waals surface area contributed by atoms with Crippen LogP contribution in [0.5, 0.6) is 0 Å². The molecule has 1 aliphatic carbocycles. The lowest BCUT2D eigenvalue weighted by atomic mass is 9.73. The molecule has 0 aliphatic heterocycles. The Hall–Kier alpha value is -0.570.